The number of thiophene rings is 1. The van der Waals surface area contributed by atoms with Crippen LogP contribution in [-0.2, 0) is 7.05 Å². The predicted molar refractivity (Wildman–Crippen MR) is 73.7 cm³/mol. The molecule has 0 aliphatic carbocycles. The zero-order valence-electron chi connectivity index (χ0n) is 9.99. The summed E-state index contributed by atoms with van der Waals surface area (Å²) in [6, 6.07) is 4.08. The van der Waals surface area contributed by atoms with Crippen molar-refractivity contribution in [1.82, 2.24) is 9.78 Å². The molecule has 0 aliphatic heterocycles. The highest BCUT2D eigenvalue weighted by Gasteiger charge is 2.14. The van der Waals surface area contributed by atoms with Gasteiger partial charge in [0.25, 0.3) is 0 Å². The Bertz CT molecular complexity index is 532. The Morgan fingerprint density at radius 1 is 1.53 bits per heavy atom. The smallest absolute Gasteiger partial charge is 0.148 e. The van der Waals surface area contributed by atoms with Gasteiger partial charge in [-0.3, -0.25) is 4.68 Å². The number of rotatable bonds is 3. The van der Waals surface area contributed by atoms with Crippen molar-refractivity contribution in [2.24, 2.45) is 7.05 Å². The molecule has 17 heavy (non-hydrogen) atoms. The number of nitrogens with one attached hydrogen (secondary N) is 1. The van der Waals surface area contributed by atoms with Crippen LogP contribution < -0.4 is 11.1 Å². The lowest BCUT2D eigenvalue weighted by atomic mass is 10.2. The molecule has 1 unspecified atom stereocenters. The van der Waals surface area contributed by atoms with Crippen LogP contribution in [0.25, 0.3) is 0 Å². The van der Waals surface area contributed by atoms with E-state index in [-0.39, 0.29) is 6.04 Å². The van der Waals surface area contributed by atoms with Gasteiger partial charge in [0.15, 0.2) is 0 Å². The maximum Gasteiger partial charge on any atom is 0.148 e. The van der Waals surface area contributed by atoms with Gasteiger partial charge in [0.1, 0.15) is 5.82 Å². The summed E-state index contributed by atoms with van der Waals surface area (Å²) in [6.45, 7) is 3.97. The van der Waals surface area contributed by atoms with Gasteiger partial charge < -0.3 is 11.1 Å². The first-order chi connectivity index (χ1) is 7.99. The highest BCUT2D eigenvalue weighted by atomic mass is 35.5. The third-order valence-corrected chi connectivity index (χ3v) is 4.06. The van der Waals surface area contributed by atoms with E-state index in [1.807, 2.05) is 26.1 Å². The minimum Gasteiger partial charge on any atom is -0.394 e. The van der Waals surface area contributed by atoms with Crippen molar-refractivity contribution in [2.45, 2.75) is 19.9 Å². The fourth-order valence-electron chi connectivity index (χ4n) is 1.68. The molecule has 0 saturated heterocycles. The topological polar surface area (TPSA) is 55.9 Å². The SMILES string of the molecule is Cc1nn(C)c(NC(C)c2ccc(Cl)s2)c1N. The summed E-state index contributed by atoms with van der Waals surface area (Å²) in [7, 11) is 1.87. The average Bonchev–Trinajstić information content (AvgIpc) is 2.79. The molecule has 4 nitrogen and oxygen atoms in total. The summed E-state index contributed by atoms with van der Waals surface area (Å²) in [6.07, 6.45) is 0. The number of hydrogen-bond donors (Lipinski definition) is 2. The third kappa shape index (κ3) is 2.40. The minimum absolute atomic E-state index is 0.157. The van der Waals surface area contributed by atoms with E-state index in [9.17, 15) is 0 Å². The van der Waals surface area contributed by atoms with Crippen LogP contribution in [0.2, 0.25) is 4.34 Å². The lowest BCUT2D eigenvalue weighted by Crippen LogP contribution is -2.10. The number of nitrogens with two attached hydrogens (primary N) is 1. The molecule has 6 heteroatoms. The molecule has 0 fully saturated rings. The van der Waals surface area contributed by atoms with E-state index >= 15 is 0 Å². The zero-order valence-corrected chi connectivity index (χ0v) is 11.6. The van der Waals surface area contributed by atoms with Crippen LogP contribution >= 0.6 is 22.9 Å². The molecule has 0 saturated carbocycles. The van der Waals surface area contributed by atoms with Crippen molar-refractivity contribution in [2.75, 3.05) is 11.1 Å². The summed E-state index contributed by atoms with van der Waals surface area (Å²) in [5, 5.41) is 7.63. The van der Waals surface area contributed by atoms with Gasteiger partial charge in [-0.15, -0.1) is 11.3 Å². The van der Waals surface area contributed by atoms with Gasteiger partial charge in [-0.2, -0.15) is 5.10 Å². The van der Waals surface area contributed by atoms with Gasteiger partial charge in [-0.1, -0.05) is 11.6 Å². The molecule has 2 aromatic heterocycles. The molecule has 1 atom stereocenters. The van der Waals surface area contributed by atoms with E-state index in [1.54, 1.807) is 16.0 Å². The van der Waals surface area contributed by atoms with E-state index in [4.69, 9.17) is 17.3 Å². The number of halogens is 1. The Morgan fingerprint density at radius 3 is 2.71 bits per heavy atom. The van der Waals surface area contributed by atoms with Crippen molar-refractivity contribution < 1.29 is 0 Å². The highest BCUT2D eigenvalue weighted by Crippen LogP contribution is 2.31. The lowest BCUT2D eigenvalue weighted by molar-refractivity contribution is 0.745. The Kier molecular flexibility index (Phi) is 3.31. The van der Waals surface area contributed by atoms with Crippen LogP contribution in [0.3, 0.4) is 0 Å². The quantitative estimate of drug-likeness (QED) is 0.901. The maximum atomic E-state index is 5.97. The number of nitrogen functional groups attached to an aromatic ring is 1. The van der Waals surface area contributed by atoms with E-state index in [0.29, 0.717) is 5.69 Å². The summed E-state index contributed by atoms with van der Waals surface area (Å²) in [5.41, 5.74) is 7.50. The number of nitrogens with zero attached hydrogens (tertiary/aromatic N) is 2. The summed E-state index contributed by atoms with van der Waals surface area (Å²) in [5.74, 6) is 0.847. The number of hydrogen-bond acceptors (Lipinski definition) is 4. The Balaban J connectivity index is 2.21. The van der Waals surface area contributed by atoms with E-state index < -0.39 is 0 Å². The van der Waals surface area contributed by atoms with E-state index in [0.717, 1.165) is 15.8 Å². The van der Waals surface area contributed by atoms with Crippen molar-refractivity contribution in [1.29, 1.82) is 0 Å². The van der Waals surface area contributed by atoms with Gasteiger partial charge in [0.05, 0.1) is 21.8 Å². The third-order valence-electron chi connectivity index (χ3n) is 2.64. The fourth-order valence-corrected chi connectivity index (χ4v) is 2.75. The molecule has 3 N–H and O–H groups in total. The van der Waals surface area contributed by atoms with Crippen LogP contribution in [0.5, 0.6) is 0 Å². The van der Waals surface area contributed by atoms with Gasteiger partial charge in [-0.05, 0) is 26.0 Å². The number of aromatic nitrogens is 2. The molecular weight excluding hydrogens is 256 g/mol. The van der Waals surface area contributed by atoms with Gasteiger partial charge >= 0.3 is 0 Å². The largest absolute Gasteiger partial charge is 0.394 e. The van der Waals surface area contributed by atoms with Crippen LogP contribution in [0.4, 0.5) is 11.5 Å². The molecular formula is C11H15ClN4S. The van der Waals surface area contributed by atoms with Crippen molar-refractivity contribution in [3.63, 3.8) is 0 Å². The Labute approximate surface area is 109 Å². The zero-order chi connectivity index (χ0) is 12.6. The van der Waals surface area contributed by atoms with Crippen LogP contribution in [0, 0.1) is 6.92 Å². The van der Waals surface area contributed by atoms with Crippen LogP contribution in [0.1, 0.15) is 23.5 Å². The lowest BCUT2D eigenvalue weighted by Gasteiger charge is -2.14. The Hall–Kier alpha value is -1.20. The maximum absolute atomic E-state index is 5.97. The first-order valence-corrected chi connectivity index (χ1v) is 6.49. The molecule has 0 bridgehead atoms. The molecule has 2 rings (SSSR count). The monoisotopic (exact) mass is 270 g/mol. The first-order valence-electron chi connectivity index (χ1n) is 5.30. The molecule has 0 spiro atoms. The van der Waals surface area contributed by atoms with Crippen molar-refractivity contribution >= 4 is 34.4 Å². The van der Waals surface area contributed by atoms with Crippen molar-refractivity contribution in [3.8, 4) is 0 Å². The molecule has 0 radical (unpaired) electrons. The molecule has 92 valence electrons. The van der Waals surface area contributed by atoms with Crippen LogP contribution in [0.15, 0.2) is 12.1 Å². The van der Waals surface area contributed by atoms with E-state index in [1.165, 1.54) is 4.88 Å². The average molecular weight is 271 g/mol. The highest BCUT2D eigenvalue weighted by molar-refractivity contribution is 7.16. The number of anilines is 2. The van der Waals surface area contributed by atoms with Gasteiger partial charge in [-0.25, -0.2) is 0 Å². The van der Waals surface area contributed by atoms with Gasteiger partial charge in [0, 0.05) is 11.9 Å². The first kappa shape index (κ1) is 12.3. The molecule has 2 aromatic rings. The molecule has 2 heterocycles. The van der Waals surface area contributed by atoms with Crippen LogP contribution in [-0.4, -0.2) is 9.78 Å². The van der Waals surface area contributed by atoms with E-state index in [2.05, 4.69) is 17.3 Å². The Morgan fingerprint density at radius 2 is 2.24 bits per heavy atom. The molecule has 0 aromatic carbocycles. The number of aryl methyl sites for hydroxylation is 2. The predicted octanol–water partition coefficient (Wildman–Crippen LogP) is 3.20. The molecule has 0 aliphatic rings. The molecule has 0 amide bonds. The second-order valence-electron chi connectivity index (χ2n) is 3.98. The standard InChI is InChI=1S/C11H15ClN4S/c1-6(8-4-5-9(12)17-8)14-11-10(13)7(2)15-16(11)3/h4-6,14H,13H2,1-3H3. The second-order valence-corrected chi connectivity index (χ2v) is 5.73. The summed E-state index contributed by atoms with van der Waals surface area (Å²) >= 11 is 7.49. The van der Waals surface area contributed by atoms with Gasteiger partial charge in [0.2, 0.25) is 0 Å². The minimum atomic E-state index is 0.157. The fraction of sp³-hybridized carbons (Fsp3) is 0.364. The van der Waals surface area contributed by atoms with Crippen molar-refractivity contribution in [3.05, 3.63) is 27.0 Å². The summed E-state index contributed by atoms with van der Waals surface area (Å²) < 4.78 is 2.55. The normalized spacial score (nSPS) is 12.7. The second kappa shape index (κ2) is 4.58. The summed E-state index contributed by atoms with van der Waals surface area (Å²) in [4.78, 5) is 1.17.